The van der Waals surface area contributed by atoms with Gasteiger partial charge in [0.25, 0.3) is 0 Å². The number of alkyl halides is 1. The maximum atomic E-state index is 12.0. The summed E-state index contributed by atoms with van der Waals surface area (Å²) in [5.41, 5.74) is 0.188. The highest BCUT2D eigenvalue weighted by atomic mass is 35.5. The van der Waals surface area contributed by atoms with Crippen LogP contribution in [0.3, 0.4) is 0 Å². The van der Waals surface area contributed by atoms with Crippen LogP contribution in [-0.2, 0) is 4.79 Å². The number of carbonyl (C=O) groups excluding carboxylic acids is 1. The van der Waals surface area contributed by atoms with Crippen molar-refractivity contribution < 1.29 is 4.79 Å². The highest BCUT2D eigenvalue weighted by Crippen LogP contribution is 2.42. The van der Waals surface area contributed by atoms with Crippen molar-refractivity contribution in [2.24, 2.45) is 17.3 Å². The van der Waals surface area contributed by atoms with E-state index >= 15 is 0 Å². The summed E-state index contributed by atoms with van der Waals surface area (Å²) in [5.74, 6) is 1.74. The number of carbonyl (C=O) groups is 1. The molecule has 1 aliphatic carbocycles. The fourth-order valence-corrected chi connectivity index (χ4v) is 2.83. The Labute approximate surface area is 110 Å². The van der Waals surface area contributed by atoms with E-state index in [1.807, 2.05) is 0 Å². The second-order valence-electron chi connectivity index (χ2n) is 6.13. The predicted octanol–water partition coefficient (Wildman–Crippen LogP) is 3.58. The average Bonchev–Trinajstić information content (AvgIpc) is 2.63. The zero-order valence-electron chi connectivity index (χ0n) is 11.4. The Kier molecular flexibility index (Phi) is 5.78. The predicted molar refractivity (Wildman–Crippen MR) is 73.2 cm³/mol. The van der Waals surface area contributed by atoms with E-state index in [-0.39, 0.29) is 17.2 Å². The van der Waals surface area contributed by atoms with Gasteiger partial charge in [-0.1, -0.05) is 27.2 Å². The molecule has 17 heavy (non-hydrogen) atoms. The van der Waals surface area contributed by atoms with Gasteiger partial charge >= 0.3 is 0 Å². The molecule has 1 amide bonds. The first-order valence-electron chi connectivity index (χ1n) is 6.81. The summed E-state index contributed by atoms with van der Waals surface area (Å²) in [5, 5.41) is 3.08. The van der Waals surface area contributed by atoms with Gasteiger partial charge in [-0.05, 0) is 37.0 Å². The molecule has 0 heterocycles. The number of halogens is 1. The lowest BCUT2D eigenvalue weighted by molar-refractivity contribution is -0.127. The standard InChI is InChI=1S/C14H26ClNO/c1-11(10-15)6-5-9-16-13(17)12-7-4-8-14(12,2)3/h11-12H,4-10H2,1-3H3,(H,16,17). The van der Waals surface area contributed by atoms with Crippen LogP contribution in [0, 0.1) is 17.3 Å². The van der Waals surface area contributed by atoms with Crippen molar-refractivity contribution >= 4 is 17.5 Å². The van der Waals surface area contributed by atoms with Crippen molar-refractivity contribution in [1.82, 2.24) is 5.32 Å². The number of hydrogen-bond acceptors (Lipinski definition) is 1. The Bertz CT molecular complexity index is 253. The van der Waals surface area contributed by atoms with Crippen LogP contribution in [0.25, 0.3) is 0 Å². The Morgan fingerprint density at radius 2 is 2.24 bits per heavy atom. The van der Waals surface area contributed by atoms with Gasteiger partial charge in [0, 0.05) is 18.3 Å². The largest absolute Gasteiger partial charge is 0.356 e. The van der Waals surface area contributed by atoms with Crippen molar-refractivity contribution in [3.8, 4) is 0 Å². The van der Waals surface area contributed by atoms with Gasteiger partial charge < -0.3 is 5.32 Å². The number of nitrogens with one attached hydrogen (secondary N) is 1. The first kappa shape index (κ1) is 14.8. The maximum absolute atomic E-state index is 12.0. The van der Waals surface area contributed by atoms with E-state index in [2.05, 4.69) is 26.1 Å². The van der Waals surface area contributed by atoms with E-state index in [1.165, 1.54) is 12.8 Å². The Morgan fingerprint density at radius 3 is 2.76 bits per heavy atom. The zero-order chi connectivity index (χ0) is 12.9. The van der Waals surface area contributed by atoms with Crippen molar-refractivity contribution in [2.45, 2.75) is 52.9 Å². The van der Waals surface area contributed by atoms with Crippen molar-refractivity contribution in [1.29, 1.82) is 0 Å². The average molecular weight is 260 g/mol. The topological polar surface area (TPSA) is 29.1 Å². The van der Waals surface area contributed by atoms with Crippen molar-refractivity contribution in [3.63, 3.8) is 0 Å². The van der Waals surface area contributed by atoms with Crippen LogP contribution in [0.15, 0.2) is 0 Å². The zero-order valence-corrected chi connectivity index (χ0v) is 12.1. The first-order chi connectivity index (χ1) is 7.97. The van der Waals surface area contributed by atoms with Crippen LogP contribution in [0.1, 0.15) is 52.9 Å². The molecule has 0 aromatic rings. The summed E-state index contributed by atoms with van der Waals surface area (Å²) >= 11 is 5.75. The molecule has 100 valence electrons. The third-order valence-electron chi connectivity index (χ3n) is 4.01. The van der Waals surface area contributed by atoms with Gasteiger partial charge in [0.2, 0.25) is 5.91 Å². The van der Waals surface area contributed by atoms with Gasteiger partial charge in [-0.2, -0.15) is 0 Å². The summed E-state index contributed by atoms with van der Waals surface area (Å²) in [6, 6.07) is 0. The highest BCUT2D eigenvalue weighted by Gasteiger charge is 2.38. The minimum Gasteiger partial charge on any atom is -0.356 e. The molecule has 1 saturated carbocycles. The molecule has 2 unspecified atom stereocenters. The van der Waals surface area contributed by atoms with E-state index in [9.17, 15) is 4.79 Å². The lowest BCUT2D eigenvalue weighted by Crippen LogP contribution is -2.36. The van der Waals surface area contributed by atoms with E-state index in [0.717, 1.165) is 25.8 Å². The van der Waals surface area contributed by atoms with E-state index < -0.39 is 0 Å². The van der Waals surface area contributed by atoms with Gasteiger partial charge in [0.15, 0.2) is 0 Å². The molecular weight excluding hydrogens is 234 g/mol. The van der Waals surface area contributed by atoms with Gasteiger partial charge in [-0.15, -0.1) is 11.6 Å². The fourth-order valence-electron chi connectivity index (χ4n) is 2.68. The fraction of sp³-hybridized carbons (Fsp3) is 0.929. The molecule has 0 bridgehead atoms. The molecule has 1 fully saturated rings. The SMILES string of the molecule is CC(CCl)CCCNC(=O)C1CCCC1(C)C. The molecule has 0 saturated heterocycles. The van der Waals surface area contributed by atoms with Crippen molar-refractivity contribution in [2.75, 3.05) is 12.4 Å². The van der Waals surface area contributed by atoms with Crippen LogP contribution < -0.4 is 5.32 Å². The summed E-state index contributed by atoms with van der Waals surface area (Å²) in [6.45, 7) is 7.36. The van der Waals surface area contributed by atoms with Crippen LogP contribution in [0.5, 0.6) is 0 Å². The Morgan fingerprint density at radius 1 is 1.53 bits per heavy atom. The van der Waals surface area contributed by atoms with E-state index in [1.54, 1.807) is 0 Å². The van der Waals surface area contributed by atoms with Gasteiger partial charge in [-0.3, -0.25) is 4.79 Å². The molecule has 2 atom stereocenters. The Balaban J connectivity index is 2.21. The lowest BCUT2D eigenvalue weighted by atomic mass is 9.81. The quantitative estimate of drug-likeness (QED) is 0.573. The minimum atomic E-state index is 0.188. The smallest absolute Gasteiger partial charge is 0.223 e. The third-order valence-corrected chi connectivity index (χ3v) is 4.54. The number of amides is 1. The molecule has 0 aromatic heterocycles. The molecule has 1 N–H and O–H groups in total. The van der Waals surface area contributed by atoms with Crippen LogP contribution >= 0.6 is 11.6 Å². The second-order valence-corrected chi connectivity index (χ2v) is 6.43. The van der Waals surface area contributed by atoms with E-state index in [4.69, 9.17) is 11.6 Å². The minimum absolute atomic E-state index is 0.188. The summed E-state index contributed by atoms with van der Waals surface area (Å²) in [7, 11) is 0. The Hall–Kier alpha value is -0.240. The summed E-state index contributed by atoms with van der Waals surface area (Å²) in [6.07, 6.45) is 5.55. The highest BCUT2D eigenvalue weighted by molar-refractivity contribution is 6.18. The molecule has 0 aromatic carbocycles. The molecule has 0 radical (unpaired) electrons. The monoisotopic (exact) mass is 259 g/mol. The lowest BCUT2D eigenvalue weighted by Gasteiger charge is -2.25. The van der Waals surface area contributed by atoms with Gasteiger partial charge in [-0.25, -0.2) is 0 Å². The number of hydrogen-bond donors (Lipinski definition) is 1. The van der Waals surface area contributed by atoms with Crippen LogP contribution in [0.2, 0.25) is 0 Å². The second kappa shape index (κ2) is 6.63. The molecule has 3 heteroatoms. The van der Waals surface area contributed by atoms with Crippen molar-refractivity contribution in [3.05, 3.63) is 0 Å². The first-order valence-corrected chi connectivity index (χ1v) is 7.34. The summed E-state index contributed by atoms with van der Waals surface area (Å²) in [4.78, 5) is 12.0. The maximum Gasteiger partial charge on any atom is 0.223 e. The number of rotatable bonds is 6. The van der Waals surface area contributed by atoms with Gasteiger partial charge in [0.05, 0.1) is 0 Å². The van der Waals surface area contributed by atoms with E-state index in [0.29, 0.717) is 11.8 Å². The third kappa shape index (κ3) is 4.50. The van der Waals surface area contributed by atoms with Gasteiger partial charge in [0.1, 0.15) is 0 Å². The van der Waals surface area contributed by atoms with Crippen LogP contribution in [-0.4, -0.2) is 18.3 Å². The normalized spacial score (nSPS) is 24.6. The molecule has 2 nitrogen and oxygen atoms in total. The van der Waals surface area contributed by atoms with Crippen LogP contribution in [0.4, 0.5) is 0 Å². The summed E-state index contributed by atoms with van der Waals surface area (Å²) < 4.78 is 0. The molecule has 0 aliphatic heterocycles. The molecule has 0 spiro atoms. The molecule has 1 aliphatic rings. The molecule has 1 rings (SSSR count). The molecular formula is C14H26ClNO.